The fourth-order valence-corrected chi connectivity index (χ4v) is 3.34. The van der Waals surface area contributed by atoms with Gasteiger partial charge in [0.1, 0.15) is 0 Å². The van der Waals surface area contributed by atoms with Gasteiger partial charge in [0, 0.05) is 42.3 Å². The Morgan fingerprint density at radius 2 is 1.64 bits per heavy atom. The van der Waals surface area contributed by atoms with E-state index >= 15 is 0 Å². The number of likely N-dealkylation sites (N-methyl/N-ethyl adjacent to an activating group) is 1. The standard InChI is InChI=1S/C21H25ClN4O2/c1-25-10-12-26(13-11-25)19(15-23-20(27)16-6-3-2-4-7-16)24-21(28)17-8-5-9-18(22)14-17/h2-9,14,19H,10-13,15H2,1H3,(H,23,27)(H,24,28). The van der Waals surface area contributed by atoms with E-state index in [4.69, 9.17) is 11.6 Å². The Morgan fingerprint density at radius 3 is 2.32 bits per heavy atom. The number of hydrogen-bond acceptors (Lipinski definition) is 4. The smallest absolute Gasteiger partial charge is 0.252 e. The van der Waals surface area contributed by atoms with Gasteiger partial charge in [0.15, 0.2) is 0 Å². The summed E-state index contributed by atoms with van der Waals surface area (Å²) < 4.78 is 0. The van der Waals surface area contributed by atoms with Gasteiger partial charge in [0.25, 0.3) is 11.8 Å². The second-order valence-corrected chi connectivity index (χ2v) is 7.35. The predicted molar refractivity (Wildman–Crippen MR) is 111 cm³/mol. The third-order valence-electron chi connectivity index (χ3n) is 4.86. The minimum absolute atomic E-state index is 0.156. The number of carbonyl (C=O) groups excluding carboxylic acids is 2. The van der Waals surface area contributed by atoms with Crippen LogP contribution in [-0.2, 0) is 0 Å². The highest BCUT2D eigenvalue weighted by molar-refractivity contribution is 6.30. The van der Waals surface area contributed by atoms with Gasteiger partial charge in [-0.3, -0.25) is 14.5 Å². The van der Waals surface area contributed by atoms with E-state index < -0.39 is 0 Å². The molecule has 1 atom stereocenters. The Balaban J connectivity index is 1.68. The molecule has 1 unspecified atom stereocenters. The molecule has 0 aromatic heterocycles. The normalized spacial score (nSPS) is 16.4. The van der Waals surface area contributed by atoms with Crippen LogP contribution in [0.4, 0.5) is 0 Å². The number of carbonyl (C=O) groups is 2. The minimum atomic E-state index is -0.298. The number of hydrogen-bond donors (Lipinski definition) is 2. The van der Waals surface area contributed by atoms with Crippen molar-refractivity contribution < 1.29 is 9.59 Å². The maximum absolute atomic E-state index is 12.7. The van der Waals surface area contributed by atoms with Crippen molar-refractivity contribution in [2.45, 2.75) is 6.17 Å². The molecule has 0 saturated carbocycles. The summed E-state index contributed by atoms with van der Waals surface area (Å²) in [7, 11) is 2.08. The highest BCUT2D eigenvalue weighted by Crippen LogP contribution is 2.11. The van der Waals surface area contributed by atoms with E-state index in [1.54, 1.807) is 36.4 Å². The summed E-state index contributed by atoms with van der Waals surface area (Å²) in [5.74, 6) is -0.364. The van der Waals surface area contributed by atoms with Crippen LogP contribution in [0.5, 0.6) is 0 Å². The van der Waals surface area contributed by atoms with Gasteiger partial charge < -0.3 is 15.5 Å². The van der Waals surface area contributed by atoms with Crippen molar-refractivity contribution in [3.63, 3.8) is 0 Å². The third-order valence-corrected chi connectivity index (χ3v) is 5.09. The molecule has 7 heteroatoms. The fraction of sp³-hybridized carbons (Fsp3) is 0.333. The minimum Gasteiger partial charge on any atom is -0.349 e. The molecule has 3 rings (SSSR count). The molecule has 0 spiro atoms. The van der Waals surface area contributed by atoms with Crippen LogP contribution in [-0.4, -0.2) is 67.6 Å². The zero-order chi connectivity index (χ0) is 19.9. The van der Waals surface area contributed by atoms with E-state index in [1.165, 1.54) is 0 Å². The molecule has 2 N–H and O–H groups in total. The Bertz CT molecular complexity index is 807. The molecule has 148 valence electrons. The largest absolute Gasteiger partial charge is 0.349 e. The van der Waals surface area contributed by atoms with Crippen molar-refractivity contribution in [1.82, 2.24) is 20.4 Å². The lowest BCUT2D eigenvalue weighted by Gasteiger charge is -2.38. The average molecular weight is 401 g/mol. The average Bonchev–Trinajstić information content (AvgIpc) is 2.72. The molecule has 1 aliphatic rings. The van der Waals surface area contributed by atoms with Gasteiger partial charge >= 0.3 is 0 Å². The summed E-state index contributed by atoms with van der Waals surface area (Å²) in [6.45, 7) is 3.78. The zero-order valence-corrected chi connectivity index (χ0v) is 16.7. The van der Waals surface area contributed by atoms with Crippen LogP contribution in [0.15, 0.2) is 54.6 Å². The first-order chi connectivity index (χ1) is 13.5. The Hall–Kier alpha value is -2.41. The molecule has 1 saturated heterocycles. The number of benzene rings is 2. The molecule has 28 heavy (non-hydrogen) atoms. The lowest BCUT2D eigenvalue weighted by atomic mass is 10.2. The second kappa shape index (κ2) is 9.68. The van der Waals surface area contributed by atoms with Gasteiger partial charge in [0.05, 0.1) is 12.7 Å². The van der Waals surface area contributed by atoms with E-state index in [1.807, 2.05) is 18.2 Å². The number of halogens is 1. The van der Waals surface area contributed by atoms with Gasteiger partial charge in [-0.15, -0.1) is 0 Å². The number of amides is 2. The van der Waals surface area contributed by atoms with Crippen molar-refractivity contribution in [3.05, 3.63) is 70.7 Å². The van der Waals surface area contributed by atoms with Gasteiger partial charge in [-0.25, -0.2) is 0 Å². The van der Waals surface area contributed by atoms with Crippen molar-refractivity contribution in [2.75, 3.05) is 39.8 Å². The van der Waals surface area contributed by atoms with E-state index in [9.17, 15) is 9.59 Å². The van der Waals surface area contributed by atoms with Crippen LogP contribution in [0.25, 0.3) is 0 Å². The molecule has 1 fully saturated rings. The van der Waals surface area contributed by atoms with Gasteiger partial charge in [-0.2, -0.15) is 0 Å². The van der Waals surface area contributed by atoms with E-state index in [2.05, 4.69) is 27.5 Å². The summed E-state index contributed by atoms with van der Waals surface area (Å²) in [5.41, 5.74) is 1.10. The molecular weight excluding hydrogens is 376 g/mol. The number of rotatable bonds is 6. The van der Waals surface area contributed by atoms with Crippen LogP contribution >= 0.6 is 11.6 Å². The second-order valence-electron chi connectivity index (χ2n) is 6.91. The monoisotopic (exact) mass is 400 g/mol. The van der Waals surface area contributed by atoms with Gasteiger partial charge in [-0.05, 0) is 37.4 Å². The maximum Gasteiger partial charge on any atom is 0.252 e. The third kappa shape index (κ3) is 5.55. The van der Waals surface area contributed by atoms with Gasteiger partial charge in [-0.1, -0.05) is 35.9 Å². The molecule has 2 amide bonds. The van der Waals surface area contributed by atoms with Crippen LogP contribution < -0.4 is 10.6 Å². The highest BCUT2D eigenvalue weighted by Gasteiger charge is 2.25. The summed E-state index contributed by atoms with van der Waals surface area (Å²) in [6.07, 6.45) is -0.298. The first kappa shape index (κ1) is 20.3. The lowest BCUT2D eigenvalue weighted by molar-refractivity contribution is 0.0692. The molecule has 0 aliphatic carbocycles. The van der Waals surface area contributed by atoms with Crippen LogP contribution in [0, 0.1) is 0 Å². The van der Waals surface area contributed by atoms with Crippen molar-refractivity contribution in [3.8, 4) is 0 Å². The van der Waals surface area contributed by atoms with Crippen LogP contribution in [0.1, 0.15) is 20.7 Å². The Labute approximate surface area is 170 Å². The lowest BCUT2D eigenvalue weighted by Crippen LogP contribution is -2.59. The highest BCUT2D eigenvalue weighted by atomic mass is 35.5. The number of nitrogens with zero attached hydrogens (tertiary/aromatic N) is 2. The van der Waals surface area contributed by atoms with Crippen LogP contribution in [0.3, 0.4) is 0 Å². The van der Waals surface area contributed by atoms with Crippen molar-refractivity contribution in [2.24, 2.45) is 0 Å². The van der Waals surface area contributed by atoms with E-state index in [0.717, 1.165) is 26.2 Å². The van der Waals surface area contributed by atoms with Crippen LogP contribution in [0.2, 0.25) is 5.02 Å². The molecule has 1 heterocycles. The maximum atomic E-state index is 12.7. The Kier molecular flexibility index (Phi) is 7.03. The zero-order valence-electron chi connectivity index (χ0n) is 15.9. The summed E-state index contributed by atoms with van der Waals surface area (Å²) in [4.78, 5) is 29.6. The van der Waals surface area contributed by atoms with E-state index in [0.29, 0.717) is 22.7 Å². The van der Waals surface area contributed by atoms with Crippen molar-refractivity contribution in [1.29, 1.82) is 0 Å². The number of nitrogens with one attached hydrogen (secondary N) is 2. The first-order valence-corrected chi connectivity index (χ1v) is 9.73. The molecule has 0 bridgehead atoms. The van der Waals surface area contributed by atoms with Gasteiger partial charge in [0.2, 0.25) is 0 Å². The molecule has 1 aliphatic heterocycles. The topological polar surface area (TPSA) is 64.7 Å². The molecular formula is C21H25ClN4O2. The first-order valence-electron chi connectivity index (χ1n) is 9.35. The SMILES string of the molecule is CN1CCN(C(CNC(=O)c2ccccc2)NC(=O)c2cccc(Cl)c2)CC1. The summed E-state index contributed by atoms with van der Waals surface area (Å²) in [5, 5.41) is 6.50. The van der Waals surface area contributed by atoms with Crippen molar-refractivity contribution >= 4 is 23.4 Å². The van der Waals surface area contributed by atoms with E-state index in [-0.39, 0.29) is 18.0 Å². The quantitative estimate of drug-likeness (QED) is 0.779. The number of piperazine rings is 1. The molecule has 2 aromatic carbocycles. The predicted octanol–water partition coefficient (Wildman–Crippen LogP) is 2.07. The molecule has 2 aromatic rings. The fourth-order valence-electron chi connectivity index (χ4n) is 3.15. The molecule has 6 nitrogen and oxygen atoms in total. The summed E-state index contributed by atoms with van der Waals surface area (Å²) in [6, 6.07) is 15.9. The molecule has 0 radical (unpaired) electrons. The summed E-state index contributed by atoms with van der Waals surface area (Å²) >= 11 is 6.01. The Morgan fingerprint density at radius 1 is 0.964 bits per heavy atom.